The number of carbonyl (C=O) groups excluding carboxylic acids is 1. The number of carbonyl (C=O) groups is 1. The Bertz CT molecular complexity index is 1410. The van der Waals surface area contributed by atoms with Gasteiger partial charge in [0.25, 0.3) is 7.82 Å². The number of nitrogens with one attached hydrogen (secondary N) is 1. The topological polar surface area (TPSA) is 108 Å². The number of rotatable bonds is 41. The molecule has 62 heavy (non-hydrogen) atoms. The molecule has 0 spiro atoms. The van der Waals surface area contributed by atoms with Crippen LogP contribution in [-0.2, 0) is 18.4 Å². The van der Waals surface area contributed by atoms with Crippen molar-refractivity contribution in [1.29, 1.82) is 0 Å². The van der Waals surface area contributed by atoms with Crippen molar-refractivity contribution in [2.75, 3.05) is 40.9 Å². The molecule has 0 aliphatic heterocycles. The van der Waals surface area contributed by atoms with Crippen LogP contribution in [0.25, 0.3) is 0 Å². The van der Waals surface area contributed by atoms with Crippen molar-refractivity contribution in [2.24, 2.45) is 0 Å². The zero-order valence-corrected chi connectivity index (χ0v) is 40.7. The molecule has 0 aliphatic carbocycles. The molecule has 0 heterocycles. The highest BCUT2D eigenvalue weighted by Gasteiger charge is 2.24. The first-order valence-electron chi connectivity index (χ1n) is 23.9. The fraction of sp³-hybridized carbons (Fsp3) is 0.604. The van der Waals surface area contributed by atoms with E-state index in [1.807, 2.05) is 21.1 Å². The minimum atomic E-state index is -4.55. The Morgan fingerprint density at radius 1 is 0.581 bits per heavy atom. The number of allylic oxidation sites excluding steroid dienone is 20. The lowest BCUT2D eigenvalue weighted by Crippen LogP contribution is -2.46. The van der Waals surface area contributed by atoms with Gasteiger partial charge in [-0.25, -0.2) is 0 Å². The number of aliphatic hydroxyl groups is 1. The zero-order valence-electron chi connectivity index (χ0n) is 39.8. The minimum Gasteiger partial charge on any atom is -0.756 e. The summed E-state index contributed by atoms with van der Waals surface area (Å²) >= 11 is 0. The van der Waals surface area contributed by atoms with Crippen LogP contribution in [0.15, 0.2) is 122 Å². The summed E-state index contributed by atoms with van der Waals surface area (Å²) in [4.78, 5) is 25.0. The smallest absolute Gasteiger partial charge is 0.268 e. The number of phosphoric acid groups is 1. The lowest BCUT2D eigenvalue weighted by atomic mass is 10.0. The Morgan fingerprint density at radius 3 is 1.40 bits per heavy atom. The lowest BCUT2D eigenvalue weighted by Gasteiger charge is -2.30. The monoisotopic (exact) mass is 881 g/mol. The van der Waals surface area contributed by atoms with Gasteiger partial charge >= 0.3 is 0 Å². The van der Waals surface area contributed by atoms with Crippen LogP contribution in [0.1, 0.15) is 155 Å². The number of quaternary nitrogens is 1. The molecular weight excluding hydrogens is 792 g/mol. The molecule has 1 amide bonds. The van der Waals surface area contributed by atoms with Crippen LogP contribution in [-0.4, -0.2) is 68.5 Å². The third-order valence-electron chi connectivity index (χ3n) is 9.71. The second kappa shape index (κ2) is 43.2. The summed E-state index contributed by atoms with van der Waals surface area (Å²) in [5, 5.41) is 13.5. The molecule has 0 rings (SSSR count). The maximum Gasteiger partial charge on any atom is 0.268 e. The molecule has 3 unspecified atom stereocenters. The largest absolute Gasteiger partial charge is 0.756 e. The number of aliphatic hydroxyl groups excluding tert-OH is 1. The Hall–Kier alpha value is -3.10. The summed E-state index contributed by atoms with van der Waals surface area (Å²) < 4.78 is 22.9. The number of hydrogen-bond donors (Lipinski definition) is 2. The van der Waals surface area contributed by atoms with Crippen molar-refractivity contribution < 1.29 is 32.9 Å². The van der Waals surface area contributed by atoms with Gasteiger partial charge in [-0.3, -0.25) is 9.36 Å². The van der Waals surface area contributed by atoms with Gasteiger partial charge in [0.05, 0.1) is 39.9 Å². The molecule has 3 atom stereocenters. The summed E-state index contributed by atoms with van der Waals surface area (Å²) in [7, 11) is 1.26. The van der Waals surface area contributed by atoms with E-state index in [-0.39, 0.29) is 19.1 Å². The molecule has 9 heteroatoms. The number of nitrogens with zero attached hydrogens (tertiary/aromatic N) is 1. The Morgan fingerprint density at radius 2 is 0.984 bits per heavy atom. The molecule has 0 aromatic heterocycles. The molecule has 2 N–H and O–H groups in total. The first-order chi connectivity index (χ1) is 30.0. The highest BCUT2D eigenvalue weighted by Crippen LogP contribution is 2.38. The molecule has 0 saturated heterocycles. The number of unbranched alkanes of at least 4 members (excludes halogenated alkanes) is 8. The van der Waals surface area contributed by atoms with E-state index in [4.69, 9.17) is 9.05 Å². The number of amides is 1. The summed E-state index contributed by atoms with van der Waals surface area (Å²) in [5.74, 6) is -0.199. The van der Waals surface area contributed by atoms with Crippen molar-refractivity contribution in [3.63, 3.8) is 0 Å². The number of hydrogen-bond acceptors (Lipinski definition) is 6. The zero-order chi connectivity index (χ0) is 45.7. The SMILES string of the molecule is CC/C=C\C/C=C\C/C=C\C/C=C\C/C=C\C/C=C\C/C=C\C/C=C\C/C=C\C/C=C\CCCCCCCCC(=O)NC(COP(=O)([O-])OCC[N+](C)(C)C)C(O)CCCCC. The Balaban J connectivity index is 3.95. The highest BCUT2D eigenvalue weighted by molar-refractivity contribution is 7.45. The van der Waals surface area contributed by atoms with E-state index in [1.54, 1.807) is 0 Å². The van der Waals surface area contributed by atoms with Gasteiger partial charge in [-0.2, -0.15) is 0 Å². The minimum absolute atomic E-state index is 0.000468. The van der Waals surface area contributed by atoms with Crippen LogP contribution in [0.2, 0.25) is 0 Å². The summed E-state index contributed by atoms with van der Waals surface area (Å²) in [5.41, 5.74) is 0. The predicted octanol–water partition coefficient (Wildman–Crippen LogP) is 13.2. The van der Waals surface area contributed by atoms with Gasteiger partial charge in [0.15, 0.2) is 0 Å². The van der Waals surface area contributed by atoms with Crippen molar-refractivity contribution >= 4 is 13.7 Å². The molecule has 8 nitrogen and oxygen atoms in total. The fourth-order valence-corrected chi connectivity index (χ4v) is 6.67. The van der Waals surface area contributed by atoms with Crippen LogP contribution >= 0.6 is 7.82 Å². The van der Waals surface area contributed by atoms with Crippen molar-refractivity contribution in [2.45, 2.75) is 167 Å². The first-order valence-corrected chi connectivity index (χ1v) is 25.3. The van der Waals surface area contributed by atoms with E-state index in [1.165, 1.54) is 6.42 Å². The van der Waals surface area contributed by atoms with Gasteiger partial charge in [0.1, 0.15) is 13.2 Å². The maximum absolute atomic E-state index is 12.7. The van der Waals surface area contributed by atoms with E-state index < -0.39 is 20.0 Å². The molecule has 0 aliphatic rings. The van der Waals surface area contributed by atoms with Gasteiger partial charge in [0.2, 0.25) is 5.91 Å². The number of phosphoric ester groups is 1. The van der Waals surface area contributed by atoms with E-state index in [0.717, 1.165) is 122 Å². The van der Waals surface area contributed by atoms with Gasteiger partial charge in [-0.05, 0) is 89.9 Å². The number of likely N-dealkylation sites (N-methyl/N-ethyl adjacent to an activating group) is 1. The molecule has 0 aromatic carbocycles. The third-order valence-corrected chi connectivity index (χ3v) is 10.7. The maximum atomic E-state index is 12.7. The third kappa shape index (κ3) is 44.9. The fourth-order valence-electron chi connectivity index (χ4n) is 5.95. The molecule has 0 saturated carbocycles. The van der Waals surface area contributed by atoms with Crippen molar-refractivity contribution in [1.82, 2.24) is 5.32 Å². The standard InChI is InChI=1S/C53H89N2O6P/c1-6-8-10-11-12-13-14-15-16-17-18-19-20-21-22-23-24-25-26-27-28-29-30-31-32-33-34-35-36-37-38-39-40-41-42-43-45-47-53(57)54-51(52(56)46-44-9-7-2)50-61-62(58,59)60-49-48-55(3,4)5/h8,10,12-13,15-16,18-19,21-22,24-25,27-28,30-31,33-34,36-37,51-52,56H,6-7,9,11,14,17,20,23,26,29,32,35,38-50H2,1-5H3,(H-,54,57,58,59)/b10-8-,13-12-,16-15-,19-18-,22-21-,25-24-,28-27-,31-30-,34-33-,37-36-. The second-order valence-electron chi connectivity index (χ2n) is 16.7. The summed E-state index contributed by atoms with van der Waals surface area (Å²) in [6.07, 6.45) is 64.6. The van der Waals surface area contributed by atoms with Crippen LogP contribution in [0.5, 0.6) is 0 Å². The van der Waals surface area contributed by atoms with Crippen LogP contribution in [0.3, 0.4) is 0 Å². The van der Waals surface area contributed by atoms with Crippen LogP contribution < -0.4 is 10.2 Å². The Labute approximate surface area is 380 Å². The van der Waals surface area contributed by atoms with Crippen LogP contribution in [0.4, 0.5) is 0 Å². The predicted molar refractivity (Wildman–Crippen MR) is 265 cm³/mol. The quantitative estimate of drug-likeness (QED) is 0.0274. The average molecular weight is 881 g/mol. The van der Waals surface area contributed by atoms with E-state index in [9.17, 15) is 19.4 Å². The normalized spacial score (nSPS) is 15.3. The summed E-state index contributed by atoms with van der Waals surface area (Å²) in [6.45, 7) is 4.38. The molecule has 0 radical (unpaired) electrons. The molecular formula is C53H89N2O6P. The van der Waals surface area contributed by atoms with E-state index in [0.29, 0.717) is 23.9 Å². The lowest BCUT2D eigenvalue weighted by molar-refractivity contribution is -0.870. The second-order valence-corrected chi connectivity index (χ2v) is 18.1. The van der Waals surface area contributed by atoms with Gasteiger partial charge in [-0.1, -0.05) is 180 Å². The summed E-state index contributed by atoms with van der Waals surface area (Å²) in [6, 6.07) is -0.812. The van der Waals surface area contributed by atoms with Crippen molar-refractivity contribution in [3.8, 4) is 0 Å². The first kappa shape index (κ1) is 58.9. The van der Waals surface area contributed by atoms with E-state index >= 15 is 0 Å². The average Bonchev–Trinajstić information content (AvgIpc) is 3.23. The van der Waals surface area contributed by atoms with Gasteiger partial charge in [-0.15, -0.1) is 0 Å². The van der Waals surface area contributed by atoms with Crippen LogP contribution in [0, 0.1) is 0 Å². The van der Waals surface area contributed by atoms with Crippen molar-refractivity contribution in [3.05, 3.63) is 122 Å². The Kier molecular flexibility index (Phi) is 41.0. The van der Waals surface area contributed by atoms with Gasteiger partial charge in [0, 0.05) is 6.42 Å². The molecule has 0 bridgehead atoms. The van der Waals surface area contributed by atoms with E-state index in [2.05, 4.69) is 141 Å². The molecule has 0 aromatic rings. The molecule has 0 fully saturated rings. The molecule has 352 valence electrons. The highest BCUT2D eigenvalue weighted by atomic mass is 31.2. The van der Waals surface area contributed by atoms with Gasteiger partial charge < -0.3 is 28.8 Å².